The monoisotopic (exact) mass is 428 g/mol. The van der Waals surface area contributed by atoms with E-state index in [1.165, 1.54) is 7.11 Å². The van der Waals surface area contributed by atoms with Crippen molar-refractivity contribution in [2.45, 2.75) is 25.1 Å². The third-order valence-corrected chi connectivity index (χ3v) is 4.22. The highest BCUT2D eigenvalue weighted by Crippen LogP contribution is 2.34. The number of halogens is 4. The van der Waals surface area contributed by atoms with Gasteiger partial charge in [0.1, 0.15) is 17.4 Å². The lowest BCUT2D eigenvalue weighted by atomic mass is 10.1. The summed E-state index contributed by atoms with van der Waals surface area (Å²) < 4.78 is 63.0. The number of nitrogens with zero attached hydrogens (tertiary/aromatic N) is 2. The number of alkyl halides is 3. The van der Waals surface area contributed by atoms with Crippen LogP contribution >= 0.6 is 0 Å². The average Bonchev–Trinajstić information content (AvgIpc) is 2.70. The van der Waals surface area contributed by atoms with E-state index in [1.54, 1.807) is 0 Å². The molecule has 2 heterocycles. The van der Waals surface area contributed by atoms with Gasteiger partial charge in [-0.1, -0.05) is 0 Å². The number of carbonyl (C=O) groups is 2. The molecule has 1 aromatic heterocycles. The molecular formula is C18H16F4N4O4. The Hall–Kier alpha value is -3.44. The van der Waals surface area contributed by atoms with Crippen LogP contribution in [-0.2, 0) is 11.0 Å². The molecule has 2 aromatic rings. The van der Waals surface area contributed by atoms with Crippen molar-refractivity contribution in [1.29, 1.82) is 0 Å². The molecule has 0 saturated carbocycles. The second kappa shape index (κ2) is 8.51. The van der Waals surface area contributed by atoms with Crippen molar-refractivity contribution in [3.63, 3.8) is 0 Å². The van der Waals surface area contributed by atoms with Crippen LogP contribution in [0.3, 0.4) is 0 Å². The number of nitrogens with one attached hydrogen (secondary N) is 2. The fourth-order valence-corrected chi connectivity index (χ4v) is 2.73. The molecular weight excluding hydrogens is 412 g/mol. The Morgan fingerprint density at radius 1 is 1.23 bits per heavy atom. The van der Waals surface area contributed by atoms with E-state index in [-0.39, 0.29) is 11.5 Å². The first-order valence-electron chi connectivity index (χ1n) is 8.74. The number of ether oxygens (including phenoxy) is 2. The standard InChI is InChI=1S/C18H16F4N4O4/c1-29-13-7-9(19)4-5-12(13)30-17-10(8-14(25-26-17)18(20,21)22)15(27)24-11-3-2-6-23-16(11)28/h4-5,7-8,11H,2-3,6H2,1H3,(H,23,28)(H,24,27). The van der Waals surface area contributed by atoms with Gasteiger partial charge < -0.3 is 20.1 Å². The fourth-order valence-electron chi connectivity index (χ4n) is 2.73. The van der Waals surface area contributed by atoms with Crippen LogP contribution in [0.25, 0.3) is 0 Å². The molecule has 1 atom stereocenters. The number of benzene rings is 1. The van der Waals surface area contributed by atoms with Gasteiger partial charge in [-0.2, -0.15) is 13.2 Å². The second-order valence-electron chi connectivity index (χ2n) is 6.30. The first kappa shape index (κ1) is 21.3. The Morgan fingerprint density at radius 3 is 2.67 bits per heavy atom. The maximum Gasteiger partial charge on any atom is 0.435 e. The van der Waals surface area contributed by atoms with Gasteiger partial charge in [0.05, 0.1) is 7.11 Å². The summed E-state index contributed by atoms with van der Waals surface area (Å²) in [7, 11) is 1.23. The summed E-state index contributed by atoms with van der Waals surface area (Å²) in [6, 6.07) is 2.72. The molecule has 1 saturated heterocycles. The normalized spacial score (nSPS) is 16.6. The first-order valence-corrected chi connectivity index (χ1v) is 8.74. The van der Waals surface area contributed by atoms with Crippen LogP contribution < -0.4 is 20.1 Å². The van der Waals surface area contributed by atoms with Crippen LogP contribution in [0.5, 0.6) is 17.4 Å². The lowest BCUT2D eigenvalue weighted by molar-refractivity contribution is -0.141. The molecule has 12 heteroatoms. The summed E-state index contributed by atoms with van der Waals surface area (Å²) >= 11 is 0. The molecule has 1 aromatic carbocycles. The zero-order chi connectivity index (χ0) is 21.9. The molecule has 1 fully saturated rings. The number of amides is 2. The van der Waals surface area contributed by atoms with Gasteiger partial charge in [0, 0.05) is 12.6 Å². The summed E-state index contributed by atoms with van der Waals surface area (Å²) in [6.45, 7) is 0.443. The SMILES string of the molecule is COc1cc(F)ccc1Oc1nnc(C(F)(F)F)cc1C(=O)NC1CCCNC1=O. The van der Waals surface area contributed by atoms with Crippen molar-refractivity contribution in [3.05, 3.63) is 41.3 Å². The molecule has 3 rings (SSSR count). The third kappa shape index (κ3) is 4.75. The maximum atomic E-state index is 13.4. The minimum atomic E-state index is -4.86. The minimum absolute atomic E-state index is 0.0743. The molecule has 160 valence electrons. The highest BCUT2D eigenvalue weighted by molar-refractivity contribution is 5.99. The van der Waals surface area contributed by atoms with Crippen molar-refractivity contribution in [2.75, 3.05) is 13.7 Å². The number of hydrogen-bond acceptors (Lipinski definition) is 6. The van der Waals surface area contributed by atoms with E-state index >= 15 is 0 Å². The van der Waals surface area contributed by atoms with Crippen LogP contribution in [0.15, 0.2) is 24.3 Å². The van der Waals surface area contributed by atoms with E-state index in [2.05, 4.69) is 20.8 Å². The molecule has 0 bridgehead atoms. The van der Waals surface area contributed by atoms with Gasteiger partial charge in [-0.05, 0) is 31.0 Å². The summed E-state index contributed by atoms with van der Waals surface area (Å²) in [6.07, 6.45) is -3.95. The molecule has 30 heavy (non-hydrogen) atoms. The third-order valence-electron chi connectivity index (χ3n) is 4.22. The Balaban J connectivity index is 1.96. The van der Waals surface area contributed by atoms with Crippen molar-refractivity contribution >= 4 is 11.8 Å². The van der Waals surface area contributed by atoms with E-state index in [4.69, 9.17) is 9.47 Å². The van der Waals surface area contributed by atoms with Crippen molar-refractivity contribution < 1.29 is 36.6 Å². The van der Waals surface area contributed by atoms with Gasteiger partial charge >= 0.3 is 6.18 Å². The molecule has 0 spiro atoms. The van der Waals surface area contributed by atoms with Crippen LogP contribution in [0.4, 0.5) is 17.6 Å². The summed E-state index contributed by atoms with van der Waals surface area (Å²) in [4.78, 5) is 24.5. The van der Waals surface area contributed by atoms with E-state index in [0.29, 0.717) is 25.5 Å². The molecule has 8 nitrogen and oxygen atoms in total. The fraction of sp³-hybridized carbons (Fsp3) is 0.333. The Labute approximate surface area is 167 Å². The number of piperidine rings is 1. The van der Waals surface area contributed by atoms with Crippen LogP contribution in [0.1, 0.15) is 28.9 Å². The highest BCUT2D eigenvalue weighted by Gasteiger charge is 2.36. The smallest absolute Gasteiger partial charge is 0.435 e. The number of carbonyl (C=O) groups excluding carboxylic acids is 2. The van der Waals surface area contributed by atoms with Gasteiger partial charge in [0.25, 0.3) is 11.8 Å². The lowest BCUT2D eigenvalue weighted by Gasteiger charge is -2.23. The van der Waals surface area contributed by atoms with E-state index < -0.39 is 47.0 Å². The lowest BCUT2D eigenvalue weighted by Crippen LogP contribution is -2.50. The zero-order valence-electron chi connectivity index (χ0n) is 15.5. The number of rotatable bonds is 5. The largest absolute Gasteiger partial charge is 0.493 e. The number of hydrogen-bond donors (Lipinski definition) is 2. The Morgan fingerprint density at radius 2 is 2.00 bits per heavy atom. The Bertz CT molecular complexity index is 968. The maximum absolute atomic E-state index is 13.4. The van der Waals surface area contributed by atoms with E-state index in [1.807, 2.05) is 0 Å². The van der Waals surface area contributed by atoms with Crippen LogP contribution in [0.2, 0.25) is 0 Å². The molecule has 2 amide bonds. The quantitative estimate of drug-likeness (QED) is 0.710. The average molecular weight is 428 g/mol. The van der Waals surface area contributed by atoms with Crippen molar-refractivity contribution in [2.24, 2.45) is 0 Å². The summed E-state index contributed by atoms with van der Waals surface area (Å²) in [5, 5.41) is 11.3. The second-order valence-corrected chi connectivity index (χ2v) is 6.30. The van der Waals surface area contributed by atoms with Gasteiger partial charge in [0.2, 0.25) is 5.91 Å². The van der Waals surface area contributed by atoms with Crippen LogP contribution in [0, 0.1) is 5.82 Å². The van der Waals surface area contributed by atoms with Crippen molar-refractivity contribution in [1.82, 2.24) is 20.8 Å². The number of methoxy groups -OCH3 is 1. The summed E-state index contributed by atoms with van der Waals surface area (Å²) in [5.74, 6) is -2.84. The molecule has 0 aliphatic carbocycles. The highest BCUT2D eigenvalue weighted by atomic mass is 19.4. The topological polar surface area (TPSA) is 102 Å². The van der Waals surface area contributed by atoms with Crippen molar-refractivity contribution in [3.8, 4) is 17.4 Å². The Kier molecular flexibility index (Phi) is 6.04. The molecule has 1 aliphatic heterocycles. The predicted octanol–water partition coefficient (Wildman–Crippen LogP) is 2.44. The molecule has 2 N–H and O–H groups in total. The van der Waals surface area contributed by atoms with Gasteiger partial charge in [-0.3, -0.25) is 9.59 Å². The van der Waals surface area contributed by atoms with Gasteiger partial charge in [-0.15, -0.1) is 10.2 Å². The zero-order valence-corrected chi connectivity index (χ0v) is 15.5. The van der Waals surface area contributed by atoms with Gasteiger partial charge in [0.15, 0.2) is 17.2 Å². The minimum Gasteiger partial charge on any atom is -0.493 e. The van der Waals surface area contributed by atoms with E-state index in [0.717, 1.165) is 18.2 Å². The van der Waals surface area contributed by atoms with Gasteiger partial charge in [-0.25, -0.2) is 4.39 Å². The molecule has 1 unspecified atom stereocenters. The molecule has 0 radical (unpaired) electrons. The first-order chi connectivity index (χ1) is 14.2. The number of aromatic nitrogens is 2. The van der Waals surface area contributed by atoms with Crippen LogP contribution in [-0.4, -0.2) is 41.7 Å². The molecule has 1 aliphatic rings. The predicted molar refractivity (Wildman–Crippen MR) is 93.6 cm³/mol. The summed E-state index contributed by atoms with van der Waals surface area (Å²) in [5.41, 5.74) is -2.01. The van der Waals surface area contributed by atoms with E-state index in [9.17, 15) is 27.2 Å².